The lowest BCUT2D eigenvalue weighted by molar-refractivity contribution is 0.971. The van der Waals surface area contributed by atoms with E-state index in [2.05, 4.69) is 56.0 Å². The molecule has 0 fully saturated rings. The van der Waals surface area contributed by atoms with Crippen molar-refractivity contribution in [2.75, 3.05) is 13.1 Å². The summed E-state index contributed by atoms with van der Waals surface area (Å²) in [6, 6.07) is 0. The van der Waals surface area contributed by atoms with Gasteiger partial charge in [-0.25, -0.2) is 0 Å². The third-order valence-electron chi connectivity index (χ3n) is 0.919. The summed E-state index contributed by atoms with van der Waals surface area (Å²) in [5.41, 5.74) is 5.02. The van der Waals surface area contributed by atoms with Crippen LogP contribution in [-0.4, -0.2) is 23.1 Å². The Morgan fingerprint density at radius 1 is 0.917 bits per heavy atom. The molecule has 2 heterocycles. The van der Waals surface area contributed by atoms with Gasteiger partial charge in [-0.3, -0.25) is 10.9 Å². The van der Waals surface area contributed by atoms with Crippen LogP contribution in [0, 0.1) is 0 Å². The molecule has 0 amide bonds. The fourth-order valence-electron chi connectivity index (χ4n) is 0.452. The topological polar surface area (TPSA) is 73.5 Å². The molecule has 0 aromatic rings. The van der Waals surface area contributed by atoms with E-state index >= 15 is 0 Å². The molecule has 0 aromatic carbocycles. The highest BCUT2D eigenvalue weighted by atomic mass is 32.1. The van der Waals surface area contributed by atoms with Gasteiger partial charge in [0.25, 0.3) is 0 Å². The average Bonchev–Trinajstić information content (AvgIpc) is 2.63. The van der Waals surface area contributed by atoms with Crippen LogP contribution in [0.3, 0.4) is 0 Å². The first kappa shape index (κ1) is 9.07. The molecule has 2 rings (SSSR count). The van der Waals surface area contributed by atoms with Gasteiger partial charge in [0.15, 0.2) is 0 Å². The molecule has 2 aliphatic rings. The molecule has 0 aliphatic carbocycles. The van der Waals surface area contributed by atoms with Crippen LogP contribution in [0.2, 0.25) is 0 Å². The second-order valence-electron chi connectivity index (χ2n) is 1.87. The predicted molar refractivity (Wildman–Crippen MR) is 50.9 cm³/mol. The van der Waals surface area contributed by atoms with Crippen molar-refractivity contribution in [1.29, 1.82) is 0 Å². The van der Waals surface area contributed by atoms with Gasteiger partial charge in [-0.15, -0.1) is 0 Å². The van der Waals surface area contributed by atoms with Gasteiger partial charge in [-0.2, -0.15) is 10.2 Å². The third kappa shape index (κ3) is 3.39. The van der Waals surface area contributed by atoms with E-state index in [9.17, 15) is 0 Å². The van der Waals surface area contributed by atoms with E-state index in [0.717, 1.165) is 0 Å². The fourth-order valence-corrected chi connectivity index (χ4v) is 0.649. The number of rotatable bonds is 0. The smallest absolute Gasteiger partial charge is 0.121 e. The molecular weight excluding hydrogens is 196 g/mol. The van der Waals surface area contributed by atoms with E-state index in [1.807, 2.05) is 0 Å². The monoisotopic (exact) mass is 202 g/mol. The molecule has 12 heavy (non-hydrogen) atoms. The Bertz CT molecular complexity index is 200. The summed E-state index contributed by atoms with van der Waals surface area (Å²) in [4.78, 5) is 1.41. The van der Waals surface area contributed by atoms with E-state index in [1.54, 1.807) is 0 Å². The first-order valence-electron chi connectivity index (χ1n) is 3.10. The predicted octanol–water partition coefficient (Wildman–Crippen LogP) is 0.568. The standard InChI is InChI=1S/2C2H3N3S/c2*6-2-1-3-5-4-2/h2*1H2,(H,3,4,6). The lowest BCUT2D eigenvalue weighted by Crippen LogP contribution is -2.09. The lowest BCUT2D eigenvalue weighted by atomic mass is 10.7. The summed E-state index contributed by atoms with van der Waals surface area (Å²) in [6.07, 6.45) is 0. The first-order valence-corrected chi connectivity index (χ1v) is 3.91. The molecule has 6 nitrogen and oxygen atoms in total. The minimum Gasteiger partial charge on any atom is -0.251 e. The van der Waals surface area contributed by atoms with Crippen LogP contribution in [0.1, 0.15) is 0 Å². The quantitative estimate of drug-likeness (QED) is 0.563. The van der Waals surface area contributed by atoms with Crippen LogP contribution in [-0.2, 0) is 0 Å². The molecule has 0 saturated carbocycles. The fraction of sp³-hybridized carbons (Fsp3) is 0.500. The molecule has 8 heteroatoms. The summed E-state index contributed by atoms with van der Waals surface area (Å²) < 4.78 is 0. The van der Waals surface area contributed by atoms with E-state index in [0.29, 0.717) is 23.1 Å². The van der Waals surface area contributed by atoms with Crippen LogP contribution in [0.25, 0.3) is 0 Å². The molecule has 2 aliphatic heterocycles. The van der Waals surface area contributed by atoms with Crippen molar-refractivity contribution in [2.24, 2.45) is 20.7 Å². The van der Waals surface area contributed by atoms with Crippen LogP contribution >= 0.6 is 24.4 Å². The van der Waals surface area contributed by atoms with Gasteiger partial charge in [0.1, 0.15) is 23.1 Å². The van der Waals surface area contributed by atoms with Crippen LogP contribution < -0.4 is 10.9 Å². The van der Waals surface area contributed by atoms with Crippen LogP contribution in [0.5, 0.6) is 0 Å². The highest BCUT2D eigenvalue weighted by Gasteiger charge is 1.96. The van der Waals surface area contributed by atoms with E-state index in [1.165, 1.54) is 0 Å². The number of nitrogens with zero attached hydrogens (tertiary/aromatic N) is 4. The van der Waals surface area contributed by atoms with Crippen molar-refractivity contribution in [3.05, 3.63) is 0 Å². The maximum atomic E-state index is 4.62. The zero-order chi connectivity index (χ0) is 8.81. The van der Waals surface area contributed by atoms with E-state index < -0.39 is 0 Å². The largest absolute Gasteiger partial charge is 0.251 e. The van der Waals surface area contributed by atoms with Gasteiger partial charge >= 0.3 is 0 Å². The Balaban J connectivity index is 0.000000120. The number of hydrogen-bond donors (Lipinski definition) is 2. The van der Waals surface area contributed by atoms with Gasteiger partial charge in [-0.1, -0.05) is 34.9 Å². The van der Waals surface area contributed by atoms with Crippen LogP contribution in [0.4, 0.5) is 0 Å². The van der Waals surface area contributed by atoms with Crippen molar-refractivity contribution in [2.45, 2.75) is 0 Å². The minimum absolute atomic E-state index is 0.565. The van der Waals surface area contributed by atoms with E-state index in [4.69, 9.17) is 0 Å². The van der Waals surface area contributed by atoms with Gasteiger partial charge in [0.05, 0.1) is 0 Å². The molecule has 0 atom stereocenters. The molecule has 64 valence electrons. The van der Waals surface area contributed by atoms with E-state index in [-0.39, 0.29) is 0 Å². The number of thiocarbonyl (C=S) groups is 2. The summed E-state index contributed by atoms with van der Waals surface area (Å²) in [7, 11) is 0. The van der Waals surface area contributed by atoms with Crippen LogP contribution in [0.15, 0.2) is 20.7 Å². The van der Waals surface area contributed by atoms with Crippen molar-refractivity contribution in [1.82, 2.24) is 10.9 Å². The lowest BCUT2D eigenvalue weighted by Gasteiger charge is -1.78. The molecule has 2 N–H and O–H groups in total. The molecule has 0 unspecified atom stereocenters. The summed E-state index contributed by atoms with van der Waals surface area (Å²) >= 11 is 9.24. The molecule has 0 radical (unpaired) electrons. The Morgan fingerprint density at radius 3 is 1.42 bits per heavy atom. The molecule has 0 bridgehead atoms. The molecule has 0 saturated heterocycles. The second-order valence-corrected chi connectivity index (χ2v) is 2.85. The molecule has 0 aromatic heterocycles. The highest BCUT2D eigenvalue weighted by Crippen LogP contribution is 1.84. The molecular formula is C4H6N6S2. The zero-order valence-corrected chi connectivity index (χ0v) is 7.65. The summed E-state index contributed by atoms with van der Waals surface area (Å²) in [5.74, 6) is 0. The van der Waals surface area contributed by atoms with Gasteiger partial charge in [0, 0.05) is 0 Å². The van der Waals surface area contributed by atoms with Crippen molar-refractivity contribution < 1.29 is 0 Å². The Morgan fingerprint density at radius 2 is 1.33 bits per heavy atom. The van der Waals surface area contributed by atoms with Crippen molar-refractivity contribution in [3.63, 3.8) is 0 Å². The number of nitrogens with one attached hydrogen (secondary N) is 2. The van der Waals surface area contributed by atoms with Gasteiger partial charge in [-0.05, 0) is 0 Å². The zero-order valence-electron chi connectivity index (χ0n) is 6.02. The Hall–Kier alpha value is -1.02. The summed E-state index contributed by atoms with van der Waals surface area (Å²) in [6.45, 7) is 1.13. The number of hydrogen-bond acceptors (Lipinski definition) is 6. The maximum absolute atomic E-state index is 4.62. The average molecular weight is 202 g/mol. The highest BCUT2D eigenvalue weighted by molar-refractivity contribution is 7.80. The Labute approximate surface area is 79.5 Å². The second kappa shape index (κ2) is 4.78. The Kier molecular flexibility index (Phi) is 3.61. The van der Waals surface area contributed by atoms with Gasteiger partial charge in [0.2, 0.25) is 0 Å². The van der Waals surface area contributed by atoms with Crippen molar-refractivity contribution >= 4 is 34.4 Å². The normalized spacial score (nSPS) is 18.3. The first-order chi connectivity index (χ1) is 5.79. The maximum Gasteiger partial charge on any atom is 0.121 e. The summed E-state index contributed by atoms with van der Waals surface area (Å²) in [5, 5.41) is 13.9. The molecule has 0 spiro atoms. The minimum atomic E-state index is 0.565. The van der Waals surface area contributed by atoms with Crippen molar-refractivity contribution in [3.8, 4) is 0 Å². The van der Waals surface area contributed by atoms with Gasteiger partial charge < -0.3 is 0 Å². The SMILES string of the molecule is S=C1CN=NN1.S=C1CN=NN1. The third-order valence-corrected chi connectivity index (χ3v) is 1.36.